The lowest BCUT2D eigenvalue weighted by molar-refractivity contribution is -0.143. The quantitative estimate of drug-likeness (QED) is 0.357. The van der Waals surface area contributed by atoms with Gasteiger partial charge in [-0.2, -0.15) is 18.3 Å². The molecular weight excluding hydrogens is 472 g/mol. The first-order valence-electron chi connectivity index (χ1n) is 9.02. The molecule has 1 aromatic heterocycles. The summed E-state index contributed by atoms with van der Waals surface area (Å²) in [7, 11) is 1.92. The number of aryl methyl sites for hydroxylation is 2. The van der Waals surface area contributed by atoms with E-state index in [4.69, 9.17) is 0 Å². The molecule has 0 aromatic carbocycles. The minimum absolute atomic E-state index is 0. The molecule has 1 fully saturated rings. The van der Waals surface area contributed by atoms with Crippen molar-refractivity contribution in [2.24, 2.45) is 12.0 Å². The van der Waals surface area contributed by atoms with Gasteiger partial charge in [0.05, 0.1) is 12.2 Å². The fourth-order valence-electron chi connectivity index (χ4n) is 3.32. The Kier molecular flexibility index (Phi) is 9.32. The topological polar surface area (TPSA) is 57.5 Å². The maximum absolute atomic E-state index is 12.5. The number of nitrogens with zero attached hydrogens (tertiary/aromatic N) is 4. The van der Waals surface area contributed by atoms with Crippen LogP contribution in [0, 0.1) is 13.8 Å². The van der Waals surface area contributed by atoms with Crippen LogP contribution in [0.4, 0.5) is 13.2 Å². The molecule has 1 aliphatic rings. The van der Waals surface area contributed by atoms with E-state index in [-0.39, 0.29) is 30.0 Å². The molecule has 6 nitrogen and oxygen atoms in total. The number of alkyl halides is 3. The molecule has 1 aromatic rings. The Labute approximate surface area is 176 Å². The van der Waals surface area contributed by atoms with Gasteiger partial charge in [0.15, 0.2) is 5.96 Å². The number of guanidine groups is 1. The fourth-order valence-corrected chi connectivity index (χ4v) is 3.32. The fraction of sp³-hybridized carbons (Fsp3) is 0.765. The normalized spacial score (nSPS) is 18.5. The molecule has 1 aliphatic heterocycles. The molecule has 2 heterocycles. The van der Waals surface area contributed by atoms with Gasteiger partial charge < -0.3 is 10.6 Å². The Balaban J connectivity index is 0.00000364. The third kappa shape index (κ3) is 7.47. The summed E-state index contributed by atoms with van der Waals surface area (Å²) in [5.74, 6) is 0.658. The van der Waals surface area contributed by atoms with Crippen molar-refractivity contribution >= 4 is 29.9 Å². The average Bonchev–Trinajstić information content (AvgIpc) is 3.04. The highest BCUT2D eigenvalue weighted by atomic mass is 127. The van der Waals surface area contributed by atoms with Crippen LogP contribution in [0.1, 0.15) is 30.3 Å². The molecule has 27 heavy (non-hydrogen) atoms. The van der Waals surface area contributed by atoms with Gasteiger partial charge in [0.1, 0.15) is 0 Å². The standard InChI is InChI=1S/C17H29F3N6.HI/c1-5-21-16(22-8-6-15-12(2)24-25(4)13(15)3)23-14-7-9-26(10-14)11-17(18,19)20;/h14H,5-11H2,1-4H3,(H2,21,22,23);1H. The van der Waals surface area contributed by atoms with Gasteiger partial charge >= 0.3 is 6.18 Å². The van der Waals surface area contributed by atoms with E-state index in [1.807, 2.05) is 32.5 Å². The zero-order valence-electron chi connectivity index (χ0n) is 16.4. The summed E-state index contributed by atoms with van der Waals surface area (Å²) in [4.78, 5) is 6.01. The third-order valence-electron chi connectivity index (χ3n) is 4.65. The number of aromatic nitrogens is 2. The maximum atomic E-state index is 12.5. The van der Waals surface area contributed by atoms with Crippen LogP contribution in [0.3, 0.4) is 0 Å². The van der Waals surface area contributed by atoms with E-state index in [0.717, 1.165) is 17.8 Å². The largest absolute Gasteiger partial charge is 0.401 e. The van der Waals surface area contributed by atoms with Crippen molar-refractivity contribution in [2.75, 3.05) is 32.7 Å². The summed E-state index contributed by atoms with van der Waals surface area (Å²) in [5, 5.41) is 10.8. The summed E-state index contributed by atoms with van der Waals surface area (Å²) < 4.78 is 39.4. The molecule has 0 spiro atoms. The predicted molar refractivity (Wildman–Crippen MR) is 112 cm³/mol. The number of rotatable bonds is 6. The molecule has 1 atom stereocenters. The van der Waals surface area contributed by atoms with Crippen LogP contribution >= 0.6 is 24.0 Å². The number of likely N-dealkylation sites (tertiary alicyclic amines) is 1. The van der Waals surface area contributed by atoms with E-state index in [0.29, 0.717) is 38.6 Å². The lowest BCUT2D eigenvalue weighted by Crippen LogP contribution is -2.45. The van der Waals surface area contributed by atoms with Crippen LogP contribution in [0.25, 0.3) is 0 Å². The molecule has 0 radical (unpaired) electrons. The first kappa shape index (κ1) is 24.0. The van der Waals surface area contributed by atoms with Crippen LogP contribution in [0.2, 0.25) is 0 Å². The Hall–Kier alpha value is -1.04. The number of hydrogen-bond acceptors (Lipinski definition) is 3. The van der Waals surface area contributed by atoms with E-state index in [9.17, 15) is 13.2 Å². The summed E-state index contributed by atoms with van der Waals surface area (Å²) in [6, 6.07) is -0.0167. The molecular formula is C17H30F3IN6. The van der Waals surface area contributed by atoms with E-state index < -0.39 is 12.7 Å². The van der Waals surface area contributed by atoms with Crippen LogP contribution < -0.4 is 10.6 Å². The SMILES string of the molecule is CCNC(=NCCc1c(C)nn(C)c1C)NC1CCN(CC(F)(F)F)C1.I. The van der Waals surface area contributed by atoms with Crippen molar-refractivity contribution < 1.29 is 13.2 Å². The van der Waals surface area contributed by atoms with Crippen LogP contribution in [0.5, 0.6) is 0 Å². The van der Waals surface area contributed by atoms with E-state index in [2.05, 4.69) is 20.7 Å². The molecule has 0 bridgehead atoms. The monoisotopic (exact) mass is 502 g/mol. The van der Waals surface area contributed by atoms with E-state index >= 15 is 0 Å². The minimum Gasteiger partial charge on any atom is -0.357 e. The maximum Gasteiger partial charge on any atom is 0.401 e. The molecule has 10 heteroatoms. The first-order chi connectivity index (χ1) is 12.2. The molecule has 1 saturated heterocycles. The third-order valence-corrected chi connectivity index (χ3v) is 4.65. The van der Waals surface area contributed by atoms with Crippen molar-refractivity contribution in [3.63, 3.8) is 0 Å². The Bertz CT molecular complexity index is 629. The summed E-state index contributed by atoms with van der Waals surface area (Å²) in [6.07, 6.45) is -2.68. The Morgan fingerprint density at radius 1 is 1.33 bits per heavy atom. The van der Waals surface area contributed by atoms with Crippen molar-refractivity contribution in [1.82, 2.24) is 25.3 Å². The van der Waals surface area contributed by atoms with Gasteiger partial charge in [0.25, 0.3) is 0 Å². The van der Waals surface area contributed by atoms with Gasteiger partial charge in [-0.3, -0.25) is 14.6 Å². The number of aliphatic imine (C=N–C) groups is 1. The molecule has 0 amide bonds. The first-order valence-corrected chi connectivity index (χ1v) is 9.02. The average molecular weight is 502 g/mol. The number of nitrogens with one attached hydrogen (secondary N) is 2. The molecule has 2 N–H and O–H groups in total. The zero-order valence-corrected chi connectivity index (χ0v) is 18.7. The highest BCUT2D eigenvalue weighted by Gasteiger charge is 2.34. The molecule has 1 unspecified atom stereocenters. The van der Waals surface area contributed by atoms with Gasteiger partial charge in [-0.15, -0.1) is 24.0 Å². The lowest BCUT2D eigenvalue weighted by atomic mass is 10.1. The van der Waals surface area contributed by atoms with Gasteiger partial charge in [-0.1, -0.05) is 0 Å². The smallest absolute Gasteiger partial charge is 0.357 e. The van der Waals surface area contributed by atoms with Gasteiger partial charge in [-0.05, 0) is 39.2 Å². The van der Waals surface area contributed by atoms with Crippen LogP contribution in [-0.4, -0.2) is 65.6 Å². The lowest BCUT2D eigenvalue weighted by Gasteiger charge is -2.19. The number of halogens is 4. The van der Waals surface area contributed by atoms with E-state index in [1.54, 1.807) is 0 Å². The predicted octanol–water partition coefficient (Wildman–Crippen LogP) is 2.39. The second-order valence-electron chi connectivity index (χ2n) is 6.76. The Morgan fingerprint density at radius 2 is 2.04 bits per heavy atom. The number of hydrogen-bond donors (Lipinski definition) is 2. The van der Waals surface area contributed by atoms with Crippen LogP contribution in [-0.2, 0) is 13.5 Å². The summed E-state index contributed by atoms with van der Waals surface area (Å²) in [5.41, 5.74) is 3.34. The zero-order chi connectivity index (χ0) is 19.3. The molecule has 0 saturated carbocycles. The molecule has 156 valence electrons. The van der Waals surface area contributed by atoms with Gasteiger partial charge in [0.2, 0.25) is 0 Å². The second-order valence-corrected chi connectivity index (χ2v) is 6.76. The Morgan fingerprint density at radius 3 is 2.59 bits per heavy atom. The molecule has 0 aliphatic carbocycles. The highest BCUT2D eigenvalue weighted by molar-refractivity contribution is 14.0. The second kappa shape index (κ2) is 10.5. The van der Waals surface area contributed by atoms with Gasteiger partial charge in [-0.25, -0.2) is 0 Å². The van der Waals surface area contributed by atoms with Crippen molar-refractivity contribution in [2.45, 2.75) is 45.8 Å². The highest BCUT2D eigenvalue weighted by Crippen LogP contribution is 2.20. The van der Waals surface area contributed by atoms with Crippen LogP contribution in [0.15, 0.2) is 4.99 Å². The van der Waals surface area contributed by atoms with E-state index in [1.165, 1.54) is 10.5 Å². The van der Waals surface area contributed by atoms with Crippen molar-refractivity contribution in [1.29, 1.82) is 0 Å². The minimum atomic E-state index is -4.15. The summed E-state index contributed by atoms with van der Waals surface area (Å²) in [6.45, 7) is 7.28. The van der Waals surface area contributed by atoms with Gasteiger partial charge in [0, 0.05) is 45.0 Å². The van der Waals surface area contributed by atoms with Crippen molar-refractivity contribution in [3.05, 3.63) is 17.0 Å². The molecule has 2 rings (SSSR count). The van der Waals surface area contributed by atoms with Crippen molar-refractivity contribution in [3.8, 4) is 0 Å². The summed E-state index contributed by atoms with van der Waals surface area (Å²) >= 11 is 0.